The van der Waals surface area contributed by atoms with E-state index in [9.17, 15) is 14.4 Å². The van der Waals surface area contributed by atoms with Gasteiger partial charge in [0.15, 0.2) is 0 Å². The van der Waals surface area contributed by atoms with Crippen molar-refractivity contribution >= 4 is 39.6 Å². The molecule has 0 unspecified atom stereocenters. The van der Waals surface area contributed by atoms with E-state index in [2.05, 4.69) is 0 Å². The van der Waals surface area contributed by atoms with E-state index in [1.54, 1.807) is 41.5 Å². The Morgan fingerprint density at radius 1 is 0.806 bits per heavy atom. The molecular formula is C29H33NO6. The highest BCUT2D eigenvalue weighted by molar-refractivity contribution is 6.16. The number of amides is 1. The summed E-state index contributed by atoms with van der Waals surface area (Å²) in [5.74, 6) is -1.05. The van der Waals surface area contributed by atoms with Crippen LogP contribution in [0.15, 0.2) is 54.6 Å². The molecule has 0 N–H and O–H groups in total. The lowest BCUT2D eigenvalue weighted by Gasteiger charge is -2.29. The fourth-order valence-electron chi connectivity index (χ4n) is 4.44. The van der Waals surface area contributed by atoms with E-state index in [1.807, 2.05) is 54.6 Å². The normalized spacial score (nSPS) is 18.3. The number of hydrogen-bond acceptors (Lipinski definition) is 6. The van der Waals surface area contributed by atoms with Gasteiger partial charge in [-0.25, -0.2) is 14.4 Å². The van der Waals surface area contributed by atoms with Crippen LogP contribution in [-0.4, -0.2) is 52.8 Å². The minimum atomic E-state index is -0.916. The van der Waals surface area contributed by atoms with Gasteiger partial charge in [0.05, 0.1) is 12.1 Å². The molecule has 3 aromatic carbocycles. The van der Waals surface area contributed by atoms with Gasteiger partial charge in [-0.3, -0.25) is 4.90 Å². The van der Waals surface area contributed by atoms with Crippen molar-refractivity contribution in [1.29, 1.82) is 0 Å². The minimum Gasteiger partial charge on any atom is -0.458 e. The third-order valence-corrected chi connectivity index (χ3v) is 5.82. The predicted molar refractivity (Wildman–Crippen MR) is 138 cm³/mol. The lowest BCUT2D eigenvalue weighted by Crippen LogP contribution is -2.45. The van der Waals surface area contributed by atoms with Crippen molar-refractivity contribution in [3.05, 3.63) is 60.2 Å². The number of nitrogens with zero attached hydrogens (tertiary/aromatic N) is 1. The number of benzene rings is 3. The van der Waals surface area contributed by atoms with Crippen LogP contribution in [0.4, 0.5) is 4.79 Å². The monoisotopic (exact) mass is 491 g/mol. The molecule has 2 atom stereocenters. The summed E-state index contributed by atoms with van der Waals surface area (Å²) in [6, 6.07) is 16.4. The molecule has 0 radical (unpaired) electrons. The lowest BCUT2D eigenvalue weighted by molar-refractivity contribution is -0.160. The number of carbonyl (C=O) groups excluding carboxylic acids is 3. The van der Waals surface area contributed by atoms with Crippen LogP contribution in [0.3, 0.4) is 0 Å². The molecule has 3 aromatic rings. The number of rotatable bonds is 3. The van der Waals surface area contributed by atoms with Gasteiger partial charge in [0.1, 0.15) is 23.3 Å². The van der Waals surface area contributed by atoms with E-state index in [0.717, 1.165) is 21.5 Å². The van der Waals surface area contributed by atoms with Gasteiger partial charge in [0.25, 0.3) is 0 Å². The molecule has 1 amide bonds. The summed E-state index contributed by atoms with van der Waals surface area (Å²) < 4.78 is 17.0. The summed E-state index contributed by atoms with van der Waals surface area (Å²) in [4.78, 5) is 40.8. The molecule has 36 heavy (non-hydrogen) atoms. The Labute approximate surface area is 211 Å². The van der Waals surface area contributed by atoms with Crippen molar-refractivity contribution in [2.75, 3.05) is 6.54 Å². The summed E-state index contributed by atoms with van der Waals surface area (Å²) in [6.07, 6.45) is -1.21. The van der Waals surface area contributed by atoms with Gasteiger partial charge >= 0.3 is 18.0 Å². The van der Waals surface area contributed by atoms with Gasteiger partial charge < -0.3 is 14.2 Å². The summed E-state index contributed by atoms with van der Waals surface area (Å²) in [5.41, 5.74) is -1.01. The van der Waals surface area contributed by atoms with E-state index >= 15 is 0 Å². The summed E-state index contributed by atoms with van der Waals surface area (Å²) in [7, 11) is 0. The number of hydrogen-bond donors (Lipinski definition) is 0. The molecule has 0 aromatic heterocycles. The SMILES string of the molecule is CC(C)(C)OC(=O)[C@@H]1C[C@H](OC(=O)c2c3ccccc3cc3ccccc23)CN1C(=O)OC(C)(C)C. The molecule has 4 rings (SSSR count). The third-order valence-electron chi connectivity index (χ3n) is 5.82. The standard InChI is InChI=1S/C29H33NO6/c1-28(2,3)35-25(31)23-16-20(17-30(23)27(33)36-29(4,5)6)34-26(32)24-21-13-9-7-11-18(21)15-19-12-8-10-14-22(19)24/h7-15,20,23H,16-17H2,1-6H3/t20-,23-/m0/s1. The Morgan fingerprint density at radius 2 is 1.33 bits per heavy atom. The zero-order valence-electron chi connectivity index (χ0n) is 21.7. The van der Waals surface area contributed by atoms with Crippen LogP contribution in [0.5, 0.6) is 0 Å². The van der Waals surface area contributed by atoms with Crippen LogP contribution in [0.1, 0.15) is 58.3 Å². The van der Waals surface area contributed by atoms with Gasteiger partial charge in [0, 0.05) is 6.42 Å². The van der Waals surface area contributed by atoms with Crippen molar-refractivity contribution in [3.8, 4) is 0 Å². The highest BCUT2D eigenvalue weighted by Crippen LogP contribution is 2.31. The fourth-order valence-corrected chi connectivity index (χ4v) is 4.44. The van der Waals surface area contributed by atoms with Gasteiger partial charge in [-0.1, -0.05) is 48.5 Å². The van der Waals surface area contributed by atoms with Gasteiger partial charge in [-0.15, -0.1) is 0 Å². The Bertz CT molecular complexity index is 1230. The van der Waals surface area contributed by atoms with Crippen LogP contribution >= 0.6 is 0 Å². The topological polar surface area (TPSA) is 82.1 Å². The number of likely N-dealkylation sites (tertiary alicyclic amines) is 1. The van der Waals surface area contributed by atoms with Crippen molar-refractivity contribution < 1.29 is 28.6 Å². The average Bonchev–Trinajstić information content (AvgIpc) is 3.19. The third kappa shape index (κ3) is 5.61. The molecule has 0 aliphatic carbocycles. The second kappa shape index (κ2) is 9.45. The van der Waals surface area contributed by atoms with Crippen LogP contribution < -0.4 is 0 Å². The zero-order valence-corrected chi connectivity index (χ0v) is 21.7. The molecule has 0 bridgehead atoms. The first-order valence-electron chi connectivity index (χ1n) is 12.2. The molecule has 1 aliphatic heterocycles. The fraction of sp³-hybridized carbons (Fsp3) is 0.414. The van der Waals surface area contributed by atoms with Crippen molar-refractivity contribution in [1.82, 2.24) is 4.90 Å². The molecular weight excluding hydrogens is 458 g/mol. The first kappa shape index (κ1) is 25.5. The minimum absolute atomic E-state index is 0.0350. The number of carbonyl (C=O) groups is 3. The first-order valence-corrected chi connectivity index (χ1v) is 12.2. The molecule has 1 fully saturated rings. The lowest BCUT2D eigenvalue weighted by atomic mass is 9.97. The van der Waals surface area contributed by atoms with E-state index in [4.69, 9.17) is 14.2 Å². The number of esters is 2. The van der Waals surface area contributed by atoms with Crippen LogP contribution in [0.25, 0.3) is 21.5 Å². The maximum absolute atomic E-state index is 13.6. The van der Waals surface area contributed by atoms with Crippen molar-refractivity contribution in [2.45, 2.75) is 71.3 Å². The highest BCUT2D eigenvalue weighted by atomic mass is 16.6. The van der Waals surface area contributed by atoms with E-state index in [1.165, 1.54) is 4.90 Å². The van der Waals surface area contributed by atoms with Crippen LogP contribution in [-0.2, 0) is 19.0 Å². The van der Waals surface area contributed by atoms with E-state index < -0.39 is 41.4 Å². The second-order valence-corrected chi connectivity index (χ2v) is 11.1. The summed E-state index contributed by atoms with van der Waals surface area (Å²) >= 11 is 0. The van der Waals surface area contributed by atoms with E-state index in [0.29, 0.717) is 5.56 Å². The summed E-state index contributed by atoms with van der Waals surface area (Å²) in [6.45, 7) is 10.6. The molecule has 190 valence electrons. The Kier molecular flexibility index (Phi) is 6.69. The Balaban J connectivity index is 1.64. The first-order chi connectivity index (χ1) is 16.8. The number of ether oxygens (including phenoxy) is 3. The van der Waals surface area contributed by atoms with Crippen molar-refractivity contribution in [2.24, 2.45) is 0 Å². The summed E-state index contributed by atoms with van der Waals surface area (Å²) in [5, 5.41) is 3.42. The predicted octanol–water partition coefficient (Wildman–Crippen LogP) is 5.87. The Hall–Kier alpha value is -3.61. The van der Waals surface area contributed by atoms with Gasteiger partial charge in [-0.2, -0.15) is 0 Å². The maximum atomic E-state index is 13.6. The molecule has 1 aliphatic rings. The Morgan fingerprint density at radius 3 is 1.86 bits per heavy atom. The van der Waals surface area contributed by atoms with Crippen molar-refractivity contribution in [3.63, 3.8) is 0 Å². The quantitative estimate of drug-likeness (QED) is 0.259. The van der Waals surface area contributed by atoms with Gasteiger partial charge in [-0.05, 0) is 69.2 Å². The molecule has 0 spiro atoms. The average molecular weight is 492 g/mol. The highest BCUT2D eigenvalue weighted by Gasteiger charge is 2.45. The second-order valence-electron chi connectivity index (χ2n) is 11.1. The van der Waals surface area contributed by atoms with Gasteiger partial charge in [0.2, 0.25) is 0 Å². The van der Waals surface area contributed by atoms with Crippen LogP contribution in [0, 0.1) is 0 Å². The number of fused-ring (bicyclic) bond motifs is 2. The maximum Gasteiger partial charge on any atom is 0.411 e. The van der Waals surface area contributed by atoms with Crippen LogP contribution in [0.2, 0.25) is 0 Å². The molecule has 1 heterocycles. The molecule has 0 saturated carbocycles. The molecule has 7 nitrogen and oxygen atoms in total. The molecule has 1 saturated heterocycles. The molecule has 7 heteroatoms. The smallest absolute Gasteiger partial charge is 0.411 e. The van der Waals surface area contributed by atoms with E-state index in [-0.39, 0.29) is 13.0 Å². The largest absolute Gasteiger partial charge is 0.458 e. The zero-order chi connectivity index (χ0) is 26.3.